The van der Waals surface area contributed by atoms with E-state index >= 15 is 0 Å². The molecule has 4 aliphatic carbocycles. The Morgan fingerprint density at radius 3 is 2.41 bits per heavy atom. The number of carbonyl (C=O) groups is 1. The zero-order chi connectivity index (χ0) is 15.3. The zero-order valence-corrected chi connectivity index (χ0v) is 14.3. The first-order valence-corrected chi connectivity index (χ1v) is 9.49. The molecular weight excluding hydrogens is 294 g/mol. The molecule has 0 aliphatic heterocycles. The van der Waals surface area contributed by atoms with Gasteiger partial charge in [0.05, 0.1) is 5.69 Å². The predicted octanol–water partition coefficient (Wildman–Crippen LogP) is 3.44. The van der Waals surface area contributed by atoms with Gasteiger partial charge in [-0.1, -0.05) is 11.4 Å². The lowest BCUT2D eigenvalue weighted by Gasteiger charge is -2.59. The molecule has 1 aromatic heterocycles. The second kappa shape index (κ2) is 5.29. The van der Waals surface area contributed by atoms with Gasteiger partial charge in [0.1, 0.15) is 4.88 Å². The van der Waals surface area contributed by atoms with Crippen molar-refractivity contribution in [3.05, 3.63) is 10.6 Å². The van der Waals surface area contributed by atoms with E-state index in [1.165, 1.54) is 50.1 Å². The molecule has 5 rings (SSSR count). The van der Waals surface area contributed by atoms with Gasteiger partial charge in [0.15, 0.2) is 0 Å². The van der Waals surface area contributed by atoms with Gasteiger partial charge >= 0.3 is 0 Å². The van der Waals surface area contributed by atoms with Crippen LogP contribution in [-0.2, 0) is 6.42 Å². The maximum Gasteiger partial charge on any atom is 0.265 e. The van der Waals surface area contributed by atoms with E-state index in [9.17, 15) is 4.79 Å². The molecule has 0 spiro atoms. The number of aromatic nitrogens is 2. The zero-order valence-electron chi connectivity index (χ0n) is 13.5. The fourth-order valence-electron chi connectivity index (χ4n) is 5.74. The van der Waals surface area contributed by atoms with Gasteiger partial charge in [-0.15, -0.1) is 5.10 Å². The van der Waals surface area contributed by atoms with E-state index in [1.54, 1.807) is 0 Å². The summed E-state index contributed by atoms with van der Waals surface area (Å²) in [5.74, 6) is 2.79. The Bertz CT molecular complexity index is 547. The fourth-order valence-corrected chi connectivity index (χ4v) is 6.39. The van der Waals surface area contributed by atoms with Crippen LogP contribution in [-0.4, -0.2) is 21.5 Å². The lowest BCUT2D eigenvalue weighted by molar-refractivity contribution is -0.0687. The number of hydrogen-bond acceptors (Lipinski definition) is 4. The number of hydrogen-bond donors (Lipinski definition) is 1. The highest BCUT2D eigenvalue weighted by Crippen LogP contribution is 2.61. The molecule has 1 amide bonds. The second-order valence-electron chi connectivity index (χ2n) is 7.88. The highest BCUT2D eigenvalue weighted by molar-refractivity contribution is 7.08. The van der Waals surface area contributed by atoms with Crippen molar-refractivity contribution in [2.24, 2.45) is 23.2 Å². The Labute approximate surface area is 136 Å². The Morgan fingerprint density at radius 2 is 1.86 bits per heavy atom. The number of nitrogens with zero attached hydrogens (tertiary/aromatic N) is 2. The lowest BCUT2D eigenvalue weighted by Crippen LogP contribution is -2.55. The molecule has 22 heavy (non-hydrogen) atoms. The monoisotopic (exact) mass is 319 g/mol. The number of nitrogens with one attached hydrogen (secondary N) is 1. The summed E-state index contributed by atoms with van der Waals surface area (Å²) in [5.41, 5.74) is 1.19. The maximum absolute atomic E-state index is 12.6. The van der Waals surface area contributed by atoms with Gasteiger partial charge < -0.3 is 5.32 Å². The molecule has 4 bridgehead atoms. The summed E-state index contributed by atoms with van der Waals surface area (Å²) >= 11 is 1.23. The van der Waals surface area contributed by atoms with Crippen molar-refractivity contribution in [3.8, 4) is 0 Å². The van der Waals surface area contributed by atoms with Crippen LogP contribution in [0.3, 0.4) is 0 Å². The van der Waals surface area contributed by atoms with Crippen LogP contribution in [0.2, 0.25) is 0 Å². The van der Waals surface area contributed by atoms with Crippen molar-refractivity contribution in [3.63, 3.8) is 0 Å². The summed E-state index contributed by atoms with van der Waals surface area (Å²) in [6, 6.07) is 0.264. The molecule has 4 aliphatic rings. The summed E-state index contributed by atoms with van der Waals surface area (Å²) < 4.78 is 3.94. The molecule has 0 aromatic carbocycles. The molecule has 5 heteroatoms. The smallest absolute Gasteiger partial charge is 0.265 e. The highest BCUT2D eigenvalue weighted by atomic mass is 32.1. The molecule has 0 radical (unpaired) electrons. The minimum atomic E-state index is 0.0371. The molecule has 4 nitrogen and oxygen atoms in total. The maximum atomic E-state index is 12.6. The van der Waals surface area contributed by atoms with E-state index in [1.807, 2.05) is 6.92 Å². The first kappa shape index (κ1) is 14.6. The van der Waals surface area contributed by atoms with Crippen LogP contribution in [0.15, 0.2) is 0 Å². The molecule has 1 atom stereocenters. The van der Waals surface area contributed by atoms with Crippen LogP contribution in [0.1, 0.15) is 67.7 Å². The van der Waals surface area contributed by atoms with Gasteiger partial charge in [-0.2, -0.15) is 0 Å². The van der Waals surface area contributed by atoms with Gasteiger partial charge in [0.25, 0.3) is 5.91 Å². The van der Waals surface area contributed by atoms with E-state index < -0.39 is 0 Å². The van der Waals surface area contributed by atoms with Crippen LogP contribution < -0.4 is 5.32 Å². The third-order valence-electron chi connectivity index (χ3n) is 6.45. The van der Waals surface area contributed by atoms with Crippen molar-refractivity contribution in [2.45, 2.75) is 64.8 Å². The van der Waals surface area contributed by atoms with Crippen LogP contribution >= 0.6 is 11.5 Å². The SMILES string of the molecule is CCc1nnsc1C(=O)NC(C)C12CC3CC(CC(C3)C1)C2. The lowest BCUT2D eigenvalue weighted by atomic mass is 9.48. The minimum absolute atomic E-state index is 0.0371. The molecular formula is C17H25N3OS. The van der Waals surface area contributed by atoms with E-state index in [-0.39, 0.29) is 11.9 Å². The molecule has 4 fully saturated rings. The molecule has 1 N–H and O–H groups in total. The molecule has 1 aromatic rings. The van der Waals surface area contributed by atoms with Gasteiger partial charge in [-0.05, 0) is 86.6 Å². The first-order chi connectivity index (χ1) is 10.6. The standard InChI is InChI=1S/C17H25N3OS/c1-3-14-15(22-20-19-14)16(21)18-10(2)17-7-11-4-12(8-17)6-13(5-11)9-17/h10-13H,3-9H2,1-2H3,(H,18,21). The number of rotatable bonds is 4. The molecule has 1 heterocycles. The van der Waals surface area contributed by atoms with Crippen LogP contribution in [0.25, 0.3) is 0 Å². The Hall–Kier alpha value is -0.970. The summed E-state index contributed by atoms with van der Waals surface area (Å²) in [4.78, 5) is 13.3. The van der Waals surface area contributed by atoms with Crippen molar-refractivity contribution >= 4 is 17.4 Å². The van der Waals surface area contributed by atoms with Gasteiger partial charge in [-0.3, -0.25) is 4.79 Å². The molecule has 0 saturated heterocycles. The third-order valence-corrected chi connectivity index (χ3v) is 7.22. The second-order valence-corrected chi connectivity index (χ2v) is 8.63. The fraction of sp³-hybridized carbons (Fsp3) is 0.824. The normalized spacial score (nSPS) is 37.3. The Morgan fingerprint density at radius 1 is 1.27 bits per heavy atom. The van der Waals surface area contributed by atoms with Crippen molar-refractivity contribution in [2.75, 3.05) is 0 Å². The van der Waals surface area contributed by atoms with Gasteiger partial charge in [0, 0.05) is 6.04 Å². The average molecular weight is 319 g/mol. The van der Waals surface area contributed by atoms with E-state index in [0.717, 1.165) is 29.9 Å². The van der Waals surface area contributed by atoms with Crippen LogP contribution in [0.5, 0.6) is 0 Å². The minimum Gasteiger partial charge on any atom is -0.348 e. The number of carbonyl (C=O) groups excluding carboxylic acids is 1. The molecule has 4 saturated carbocycles. The first-order valence-electron chi connectivity index (χ1n) is 8.71. The van der Waals surface area contributed by atoms with E-state index in [2.05, 4.69) is 21.8 Å². The number of amides is 1. The van der Waals surface area contributed by atoms with E-state index in [4.69, 9.17) is 0 Å². The van der Waals surface area contributed by atoms with Gasteiger partial charge in [0.2, 0.25) is 0 Å². The summed E-state index contributed by atoms with van der Waals surface area (Å²) in [7, 11) is 0. The third kappa shape index (κ3) is 2.29. The predicted molar refractivity (Wildman–Crippen MR) is 86.8 cm³/mol. The van der Waals surface area contributed by atoms with Crippen molar-refractivity contribution < 1.29 is 4.79 Å². The van der Waals surface area contributed by atoms with Crippen molar-refractivity contribution in [1.82, 2.24) is 14.9 Å². The topological polar surface area (TPSA) is 54.9 Å². The van der Waals surface area contributed by atoms with Crippen LogP contribution in [0.4, 0.5) is 0 Å². The molecule has 1 unspecified atom stereocenters. The van der Waals surface area contributed by atoms with Gasteiger partial charge in [-0.25, -0.2) is 0 Å². The average Bonchev–Trinajstić information content (AvgIpc) is 2.94. The van der Waals surface area contributed by atoms with E-state index in [0.29, 0.717) is 10.3 Å². The summed E-state index contributed by atoms with van der Waals surface area (Å²) in [6.45, 7) is 4.25. The molecule has 120 valence electrons. The van der Waals surface area contributed by atoms with Crippen LogP contribution in [0, 0.1) is 23.2 Å². The largest absolute Gasteiger partial charge is 0.348 e. The highest BCUT2D eigenvalue weighted by Gasteiger charge is 2.53. The Balaban J connectivity index is 1.50. The quantitative estimate of drug-likeness (QED) is 0.925. The number of aryl methyl sites for hydroxylation is 1. The summed E-state index contributed by atoms with van der Waals surface area (Å²) in [6.07, 6.45) is 9.06. The Kier molecular flexibility index (Phi) is 3.51. The summed E-state index contributed by atoms with van der Waals surface area (Å²) in [5, 5.41) is 7.37. The van der Waals surface area contributed by atoms with Crippen molar-refractivity contribution in [1.29, 1.82) is 0 Å².